The Morgan fingerprint density at radius 3 is 2.30 bits per heavy atom. The first-order valence-corrected chi connectivity index (χ1v) is 13.9. The van der Waals surface area contributed by atoms with Crippen molar-refractivity contribution in [3.63, 3.8) is 0 Å². The number of hydrogen-bond acceptors (Lipinski definition) is 6. The van der Waals surface area contributed by atoms with E-state index in [1.807, 2.05) is 0 Å². The minimum absolute atomic E-state index is 0.0331. The number of nitrogens with zero attached hydrogens (tertiary/aromatic N) is 2. The normalized spacial score (nSPS) is 20.6. The third kappa shape index (κ3) is 5.73. The number of carbonyl (C=O) groups excluding carboxylic acids is 2. The van der Waals surface area contributed by atoms with Crippen LogP contribution in [0, 0.1) is 0 Å². The minimum atomic E-state index is -3.66. The zero-order chi connectivity index (χ0) is 26.7. The number of aliphatic hydroxyl groups is 1. The Bertz CT molecular complexity index is 1290. The lowest BCUT2D eigenvalue weighted by Gasteiger charge is -2.27. The third-order valence-electron chi connectivity index (χ3n) is 6.76. The SMILES string of the molecule is CN(C)S(=O)(=O)c1ccc(C(O)=C2C(=O)C(=O)N(CCC[NH+]3CCOCC3)[C@@H]2c2ccc(Cl)cc2)cc1. The van der Waals surface area contributed by atoms with Crippen molar-refractivity contribution in [2.45, 2.75) is 17.4 Å². The summed E-state index contributed by atoms with van der Waals surface area (Å²) in [5, 5.41) is 11.7. The molecule has 2 N–H and O–H groups in total. The number of benzene rings is 2. The summed E-state index contributed by atoms with van der Waals surface area (Å²) in [5.41, 5.74) is 0.859. The Hall–Kier alpha value is -2.76. The highest BCUT2D eigenvalue weighted by Gasteiger charge is 2.46. The first kappa shape index (κ1) is 27.3. The predicted octanol–water partition coefficient (Wildman–Crippen LogP) is 1.32. The molecule has 0 saturated carbocycles. The molecule has 2 aromatic rings. The van der Waals surface area contributed by atoms with Gasteiger partial charge in [-0.3, -0.25) is 9.59 Å². The molecule has 2 saturated heterocycles. The molecular weight excluding hydrogens is 518 g/mol. The molecule has 1 atom stereocenters. The summed E-state index contributed by atoms with van der Waals surface area (Å²) in [6, 6.07) is 11.6. The van der Waals surface area contributed by atoms with Gasteiger partial charge in [-0.1, -0.05) is 23.7 Å². The van der Waals surface area contributed by atoms with Crippen LogP contribution in [0.25, 0.3) is 5.76 Å². The van der Waals surface area contributed by atoms with Crippen LogP contribution in [0.2, 0.25) is 5.02 Å². The number of quaternary nitrogens is 1. The molecule has 0 unspecified atom stereocenters. The van der Waals surface area contributed by atoms with Crippen LogP contribution in [0.4, 0.5) is 0 Å². The average Bonchev–Trinajstić information content (AvgIpc) is 3.14. The van der Waals surface area contributed by atoms with Crippen LogP contribution in [0.1, 0.15) is 23.6 Å². The zero-order valence-corrected chi connectivity index (χ0v) is 22.4. The molecule has 2 aliphatic heterocycles. The topological polar surface area (TPSA) is 109 Å². The van der Waals surface area contributed by atoms with Crippen molar-refractivity contribution < 1.29 is 32.8 Å². The molecule has 2 fully saturated rings. The van der Waals surface area contributed by atoms with Crippen molar-refractivity contribution in [3.05, 3.63) is 70.3 Å². The monoisotopic (exact) mass is 548 g/mol. The fraction of sp³-hybridized carbons (Fsp3) is 0.385. The van der Waals surface area contributed by atoms with Crippen molar-refractivity contribution in [1.82, 2.24) is 9.21 Å². The van der Waals surface area contributed by atoms with Gasteiger partial charge in [0.15, 0.2) is 0 Å². The second-order valence-corrected chi connectivity index (χ2v) is 11.9. The second kappa shape index (κ2) is 11.3. The van der Waals surface area contributed by atoms with Crippen molar-refractivity contribution >= 4 is 39.1 Å². The van der Waals surface area contributed by atoms with E-state index in [0.29, 0.717) is 36.8 Å². The van der Waals surface area contributed by atoms with E-state index >= 15 is 0 Å². The summed E-state index contributed by atoms with van der Waals surface area (Å²) in [6.07, 6.45) is 0.684. The lowest BCUT2D eigenvalue weighted by Crippen LogP contribution is -3.14. The number of nitrogens with one attached hydrogen (secondary N) is 1. The lowest BCUT2D eigenvalue weighted by molar-refractivity contribution is -0.908. The molecule has 198 valence electrons. The largest absolute Gasteiger partial charge is 0.507 e. The average molecular weight is 549 g/mol. The van der Waals surface area contributed by atoms with Crippen molar-refractivity contribution in [1.29, 1.82) is 0 Å². The van der Waals surface area contributed by atoms with Crippen LogP contribution in [0.5, 0.6) is 0 Å². The highest BCUT2D eigenvalue weighted by molar-refractivity contribution is 7.89. The molecule has 0 aromatic heterocycles. The Kier molecular flexibility index (Phi) is 8.35. The molecule has 9 nitrogen and oxygen atoms in total. The Morgan fingerprint density at radius 2 is 1.70 bits per heavy atom. The number of carbonyl (C=O) groups is 2. The van der Waals surface area contributed by atoms with E-state index in [9.17, 15) is 23.1 Å². The van der Waals surface area contributed by atoms with Gasteiger partial charge in [0, 0.05) is 37.6 Å². The Balaban J connectivity index is 1.68. The van der Waals surface area contributed by atoms with Crippen molar-refractivity contribution in [2.24, 2.45) is 0 Å². The molecular formula is C26H31ClN3O6S+. The van der Waals surface area contributed by atoms with Gasteiger partial charge in [-0.15, -0.1) is 0 Å². The van der Waals surface area contributed by atoms with E-state index < -0.39 is 27.8 Å². The second-order valence-electron chi connectivity index (χ2n) is 9.32. The fourth-order valence-corrected chi connectivity index (χ4v) is 5.69. The van der Waals surface area contributed by atoms with Gasteiger partial charge >= 0.3 is 0 Å². The van der Waals surface area contributed by atoms with E-state index in [2.05, 4.69) is 0 Å². The summed E-state index contributed by atoms with van der Waals surface area (Å²) in [4.78, 5) is 29.3. The van der Waals surface area contributed by atoms with Crippen LogP contribution in [-0.2, 0) is 24.3 Å². The molecule has 2 aromatic carbocycles. The molecule has 2 aliphatic rings. The van der Waals surface area contributed by atoms with Crippen LogP contribution in [0.3, 0.4) is 0 Å². The van der Waals surface area contributed by atoms with E-state index in [1.54, 1.807) is 24.3 Å². The number of morpholine rings is 1. The number of Topliss-reactive ketones (excluding diaryl/α,β-unsaturated/α-hetero) is 1. The third-order valence-corrected chi connectivity index (χ3v) is 8.84. The van der Waals surface area contributed by atoms with Crippen molar-refractivity contribution in [3.8, 4) is 0 Å². The Labute approximate surface area is 221 Å². The molecule has 4 rings (SSSR count). The fourth-order valence-electron chi connectivity index (χ4n) is 4.66. The summed E-state index contributed by atoms with van der Waals surface area (Å²) < 4.78 is 31.3. The number of ketones is 1. The Morgan fingerprint density at radius 1 is 1.08 bits per heavy atom. The van der Waals surface area contributed by atoms with Gasteiger partial charge in [0.2, 0.25) is 10.0 Å². The van der Waals surface area contributed by atoms with Gasteiger partial charge in [0.1, 0.15) is 18.8 Å². The van der Waals surface area contributed by atoms with Gasteiger partial charge in [-0.2, -0.15) is 0 Å². The number of amides is 1. The summed E-state index contributed by atoms with van der Waals surface area (Å²) >= 11 is 6.08. The molecule has 2 heterocycles. The molecule has 37 heavy (non-hydrogen) atoms. The van der Waals surface area contributed by atoms with Gasteiger partial charge in [-0.25, -0.2) is 12.7 Å². The summed E-state index contributed by atoms with van der Waals surface area (Å²) in [7, 11) is -0.804. The maximum Gasteiger partial charge on any atom is 0.295 e. The predicted molar refractivity (Wildman–Crippen MR) is 139 cm³/mol. The first-order valence-electron chi connectivity index (χ1n) is 12.1. The van der Waals surface area contributed by atoms with E-state index in [1.165, 1.54) is 48.2 Å². The quantitative estimate of drug-likeness (QED) is 0.293. The summed E-state index contributed by atoms with van der Waals surface area (Å²) in [5.74, 6) is -1.81. The highest BCUT2D eigenvalue weighted by atomic mass is 35.5. The molecule has 0 spiro atoms. The maximum atomic E-state index is 13.2. The molecule has 0 aliphatic carbocycles. The van der Waals surface area contributed by atoms with Crippen molar-refractivity contribution in [2.75, 3.05) is 53.5 Å². The zero-order valence-electron chi connectivity index (χ0n) is 20.8. The number of likely N-dealkylation sites (tertiary alicyclic amines) is 1. The van der Waals surface area contributed by atoms with Gasteiger partial charge < -0.3 is 19.6 Å². The molecule has 0 bridgehead atoms. The van der Waals surface area contributed by atoms with E-state index in [-0.39, 0.29) is 21.8 Å². The first-order chi connectivity index (χ1) is 17.6. The smallest absolute Gasteiger partial charge is 0.295 e. The molecule has 11 heteroatoms. The van der Waals surface area contributed by atoms with E-state index in [0.717, 1.165) is 23.9 Å². The van der Waals surface area contributed by atoms with E-state index in [4.69, 9.17) is 16.3 Å². The molecule has 0 radical (unpaired) electrons. The lowest BCUT2D eigenvalue weighted by atomic mass is 9.95. The molecule has 1 amide bonds. The van der Waals surface area contributed by atoms with Crippen LogP contribution >= 0.6 is 11.6 Å². The number of ether oxygens (including phenoxy) is 1. The minimum Gasteiger partial charge on any atom is -0.507 e. The number of sulfonamides is 1. The standard InChI is InChI=1S/C26H30ClN3O6S/c1-28(2)37(34,35)21-10-6-19(7-11-21)24(31)22-23(18-4-8-20(27)9-5-18)30(26(33)25(22)32)13-3-12-29-14-16-36-17-15-29/h4-11,23,31H,3,12-17H2,1-2H3/p+1/t23-/m1/s1. The van der Waals surface area contributed by atoms with Crippen LogP contribution in [0.15, 0.2) is 59.0 Å². The number of halogens is 1. The number of aliphatic hydroxyl groups excluding tert-OH is 1. The highest BCUT2D eigenvalue weighted by Crippen LogP contribution is 2.39. The maximum absolute atomic E-state index is 13.2. The summed E-state index contributed by atoms with van der Waals surface area (Å²) in [6.45, 7) is 4.40. The number of rotatable bonds is 8. The van der Waals surface area contributed by atoms with Gasteiger partial charge in [-0.05, 0) is 42.0 Å². The number of hydrogen-bond donors (Lipinski definition) is 2. The van der Waals surface area contributed by atoms with Crippen LogP contribution in [-0.4, -0.2) is 87.9 Å². The van der Waals surface area contributed by atoms with Gasteiger partial charge in [0.25, 0.3) is 11.7 Å². The van der Waals surface area contributed by atoms with Gasteiger partial charge in [0.05, 0.1) is 36.3 Å². The van der Waals surface area contributed by atoms with Crippen LogP contribution < -0.4 is 4.90 Å².